The Bertz CT molecular complexity index is 1030. The second-order valence-corrected chi connectivity index (χ2v) is 11.8. The summed E-state index contributed by atoms with van der Waals surface area (Å²) in [7, 11) is 0. The van der Waals surface area contributed by atoms with Crippen molar-refractivity contribution in [3.8, 4) is 0 Å². The highest BCUT2D eigenvalue weighted by Gasteiger charge is 2.78. The molecule has 11 heteroatoms. The molecule has 1 unspecified atom stereocenters. The normalized spacial score (nSPS) is 46.3. The van der Waals surface area contributed by atoms with Crippen molar-refractivity contribution in [2.75, 3.05) is 6.61 Å². The minimum Gasteiger partial charge on any atom is -0.459 e. The van der Waals surface area contributed by atoms with E-state index in [4.69, 9.17) is 18.9 Å². The number of carbonyl (C=O) groups excluding carboxylic acids is 3. The Morgan fingerprint density at radius 2 is 1.49 bits per heavy atom. The monoisotopic (exact) mass is 526 g/mol. The Hall–Kier alpha value is -2.05. The first-order chi connectivity index (χ1) is 16.9. The second kappa shape index (κ2) is 8.74. The predicted molar refractivity (Wildman–Crippen MR) is 126 cm³/mol. The van der Waals surface area contributed by atoms with Crippen molar-refractivity contribution in [2.45, 2.75) is 109 Å². The smallest absolute Gasteiger partial charge is 0.303 e. The molecule has 0 aromatic carbocycles. The molecule has 1 heterocycles. The van der Waals surface area contributed by atoms with Gasteiger partial charge in [-0.15, -0.1) is 0 Å². The lowest BCUT2D eigenvalue weighted by Crippen LogP contribution is -2.76. The van der Waals surface area contributed by atoms with Crippen LogP contribution >= 0.6 is 0 Å². The molecule has 1 saturated heterocycles. The highest BCUT2D eigenvalue weighted by Crippen LogP contribution is 2.65. The van der Waals surface area contributed by atoms with Crippen molar-refractivity contribution in [3.05, 3.63) is 11.1 Å². The van der Waals surface area contributed by atoms with Gasteiger partial charge in [-0.1, -0.05) is 20.8 Å². The summed E-state index contributed by atoms with van der Waals surface area (Å²) in [5, 5.41) is 47.4. The van der Waals surface area contributed by atoms with Gasteiger partial charge in [-0.3, -0.25) is 14.4 Å². The number of ether oxygens (including phenoxy) is 4. The second-order valence-electron chi connectivity index (χ2n) is 11.8. The molecule has 1 aliphatic heterocycles. The first-order valence-corrected chi connectivity index (χ1v) is 12.6. The number of aliphatic hydroxyl groups excluding tert-OH is 3. The average Bonchev–Trinajstić information content (AvgIpc) is 3.54. The molecule has 0 aromatic heterocycles. The van der Waals surface area contributed by atoms with Crippen molar-refractivity contribution < 1.29 is 53.8 Å². The number of fused-ring (bicyclic) bond motifs is 4. The maximum absolute atomic E-state index is 12.6. The van der Waals surface area contributed by atoms with Gasteiger partial charge in [0.25, 0.3) is 0 Å². The lowest BCUT2D eigenvalue weighted by Gasteiger charge is -2.64. The first kappa shape index (κ1) is 28.0. The molecule has 4 aliphatic rings. The SMILES string of the molecule is CC(=O)OC1C[C@@]2(O)[C@@H](OC(C)=O)[C@@H]3[C@]4(CO4)[C@@H](OC(C)=O)C[C@H](O)[C@@]3(C)[C@@H](O)[C@H](O)C(=C1C)C2(C)C. The third kappa shape index (κ3) is 3.84. The fourth-order valence-corrected chi connectivity index (χ4v) is 7.46. The van der Waals surface area contributed by atoms with Crippen LogP contribution in [0.5, 0.6) is 0 Å². The van der Waals surface area contributed by atoms with Gasteiger partial charge in [0.2, 0.25) is 0 Å². The Morgan fingerprint density at radius 1 is 0.946 bits per heavy atom. The maximum Gasteiger partial charge on any atom is 0.303 e. The van der Waals surface area contributed by atoms with Gasteiger partial charge >= 0.3 is 17.9 Å². The molecule has 37 heavy (non-hydrogen) atoms. The third-order valence-corrected chi connectivity index (χ3v) is 9.45. The van der Waals surface area contributed by atoms with Crippen molar-refractivity contribution in [1.82, 2.24) is 0 Å². The number of esters is 3. The zero-order valence-electron chi connectivity index (χ0n) is 22.3. The van der Waals surface area contributed by atoms with E-state index in [9.17, 15) is 34.8 Å². The molecule has 2 saturated carbocycles. The number of carbonyl (C=O) groups is 3. The number of rotatable bonds is 3. The van der Waals surface area contributed by atoms with Gasteiger partial charge in [0.15, 0.2) is 0 Å². The molecule has 2 bridgehead atoms. The van der Waals surface area contributed by atoms with Crippen LogP contribution in [-0.4, -0.2) is 92.8 Å². The van der Waals surface area contributed by atoms with Crippen LogP contribution in [0.1, 0.15) is 61.3 Å². The molecular weight excluding hydrogens is 488 g/mol. The van der Waals surface area contributed by atoms with Crippen molar-refractivity contribution in [2.24, 2.45) is 16.7 Å². The highest BCUT2D eigenvalue weighted by molar-refractivity contribution is 5.68. The zero-order chi connectivity index (χ0) is 27.9. The fourth-order valence-electron chi connectivity index (χ4n) is 7.46. The van der Waals surface area contributed by atoms with E-state index in [1.54, 1.807) is 27.7 Å². The molecule has 11 nitrogen and oxygen atoms in total. The minimum atomic E-state index is -1.96. The van der Waals surface area contributed by atoms with Crippen molar-refractivity contribution >= 4 is 17.9 Å². The van der Waals surface area contributed by atoms with Gasteiger partial charge in [-0.05, 0) is 18.1 Å². The fraction of sp³-hybridized carbons (Fsp3) is 0.808. The quantitative estimate of drug-likeness (QED) is 0.171. The highest BCUT2D eigenvalue weighted by atomic mass is 16.6. The van der Waals surface area contributed by atoms with Gasteiger partial charge in [0.05, 0.1) is 18.8 Å². The molecular formula is C26H38O11. The van der Waals surface area contributed by atoms with Crippen LogP contribution in [0.4, 0.5) is 0 Å². The van der Waals surface area contributed by atoms with E-state index < -0.39 is 82.5 Å². The Kier molecular flexibility index (Phi) is 6.61. The minimum absolute atomic E-state index is 0.0457. The van der Waals surface area contributed by atoms with Crippen LogP contribution < -0.4 is 0 Å². The summed E-state index contributed by atoms with van der Waals surface area (Å²) in [6.07, 6.45) is -8.18. The Labute approximate surface area is 215 Å². The summed E-state index contributed by atoms with van der Waals surface area (Å²) in [5.41, 5.74) is -5.45. The molecule has 208 valence electrons. The van der Waals surface area contributed by atoms with Crippen LogP contribution in [0.15, 0.2) is 11.1 Å². The first-order valence-electron chi connectivity index (χ1n) is 12.6. The summed E-state index contributed by atoms with van der Waals surface area (Å²) in [5.74, 6) is -3.08. The number of epoxide rings is 1. The van der Waals surface area contributed by atoms with Crippen LogP contribution in [0.2, 0.25) is 0 Å². The molecule has 3 fully saturated rings. The molecule has 0 aromatic rings. The molecule has 4 N–H and O–H groups in total. The lowest BCUT2D eigenvalue weighted by atomic mass is 9.46. The van der Waals surface area contributed by atoms with Crippen molar-refractivity contribution in [1.29, 1.82) is 0 Å². The lowest BCUT2D eigenvalue weighted by molar-refractivity contribution is -0.279. The number of hydrogen-bond donors (Lipinski definition) is 4. The van der Waals surface area contributed by atoms with Crippen LogP contribution in [0.25, 0.3) is 0 Å². The van der Waals surface area contributed by atoms with Gasteiger partial charge < -0.3 is 39.4 Å². The third-order valence-electron chi connectivity index (χ3n) is 9.45. The molecule has 0 amide bonds. The van der Waals surface area contributed by atoms with Crippen LogP contribution in [0, 0.1) is 16.7 Å². The van der Waals surface area contributed by atoms with Gasteiger partial charge in [-0.2, -0.15) is 0 Å². The van der Waals surface area contributed by atoms with Gasteiger partial charge in [0, 0.05) is 50.4 Å². The average molecular weight is 527 g/mol. The van der Waals surface area contributed by atoms with E-state index in [0.29, 0.717) is 5.57 Å². The topological polar surface area (TPSA) is 172 Å². The van der Waals surface area contributed by atoms with Crippen molar-refractivity contribution in [3.63, 3.8) is 0 Å². The van der Waals surface area contributed by atoms with E-state index in [-0.39, 0.29) is 25.0 Å². The number of aliphatic hydroxyl groups is 4. The molecule has 1 spiro atoms. The summed E-state index contributed by atoms with van der Waals surface area (Å²) < 4.78 is 22.8. The molecule has 4 rings (SSSR count). The summed E-state index contributed by atoms with van der Waals surface area (Å²) in [4.78, 5) is 36.4. The summed E-state index contributed by atoms with van der Waals surface area (Å²) >= 11 is 0. The van der Waals surface area contributed by atoms with E-state index in [2.05, 4.69) is 0 Å². The molecule has 3 aliphatic carbocycles. The molecule has 10 atom stereocenters. The van der Waals surface area contributed by atoms with Crippen LogP contribution in [-0.2, 0) is 33.3 Å². The maximum atomic E-state index is 12.6. The Balaban J connectivity index is 2.03. The van der Waals surface area contributed by atoms with E-state index in [1.165, 1.54) is 20.8 Å². The Morgan fingerprint density at radius 3 is 1.97 bits per heavy atom. The standard InChI is InChI=1S/C26H38O11/c1-11-15(35-12(2)27)9-26(33)22(37-14(4)29)20-24(7,21(32)19(31)18(11)23(26,5)6)16(30)8-17(36-13(3)28)25(20)10-34-25/h15-17,19-22,30-33H,8-10H2,1-7H3/t15?,16-,17-,19+,20-,21-,22-,24+,25-,26+/m0/s1. The summed E-state index contributed by atoms with van der Waals surface area (Å²) in [6, 6.07) is 0. The van der Waals surface area contributed by atoms with Gasteiger partial charge in [0.1, 0.15) is 35.6 Å². The van der Waals surface area contributed by atoms with E-state index in [1.807, 2.05) is 0 Å². The van der Waals surface area contributed by atoms with E-state index >= 15 is 0 Å². The zero-order valence-corrected chi connectivity index (χ0v) is 22.3. The largest absolute Gasteiger partial charge is 0.459 e. The number of hydrogen-bond acceptors (Lipinski definition) is 11. The van der Waals surface area contributed by atoms with E-state index in [0.717, 1.165) is 0 Å². The summed E-state index contributed by atoms with van der Waals surface area (Å²) in [6.45, 7) is 10.2. The predicted octanol–water partition coefficient (Wildman–Crippen LogP) is 0.151. The molecule has 0 radical (unpaired) electrons. The van der Waals surface area contributed by atoms with Gasteiger partial charge in [-0.25, -0.2) is 0 Å². The van der Waals surface area contributed by atoms with Crippen LogP contribution in [0.3, 0.4) is 0 Å².